The first-order valence-corrected chi connectivity index (χ1v) is 11.6. The van der Waals surface area contributed by atoms with E-state index in [4.69, 9.17) is 9.72 Å². The third kappa shape index (κ3) is 4.13. The van der Waals surface area contributed by atoms with E-state index in [0.717, 1.165) is 72.9 Å². The number of benzene rings is 1. The number of fused-ring (bicyclic) bond motifs is 3. The van der Waals surface area contributed by atoms with Gasteiger partial charge in [-0.25, -0.2) is 15.0 Å². The summed E-state index contributed by atoms with van der Waals surface area (Å²) in [6.45, 7) is 3.03. The van der Waals surface area contributed by atoms with Crippen LogP contribution in [0.2, 0.25) is 0 Å². The molecular weight excluding hydrogens is 404 g/mol. The second-order valence-corrected chi connectivity index (χ2v) is 8.71. The van der Waals surface area contributed by atoms with E-state index in [9.17, 15) is 4.79 Å². The van der Waals surface area contributed by atoms with Crippen molar-refractivity contribution < 1.29 is 9.53 Å². The average molecular weight is 435 g/mol. The summed E-state index contributed by atoms with van der Waals surface area (Å²) in [7, 11) is 1.65. The standard InChI is InChI=1S/C24H30N6O2/c1-32-19-10-8-17(9-11-19)14-25-24(31)18-6-5-12-29(15-18)22-21-23(27-16-26-22)30-13-4-2-3-7-20(30)28-21/h8-11,16,18H,2-7,12-15H2,1H3,(H,25,31)/t18-/m0/s1. The number of aromatic nitrogens is 4. The Labute approximate surface area is 188 Å². The number of methoxy groups -OCH3 is 1. The molecule has 32 heavy (non-hydrogen) atoms. The molecule has 0 spiro atoms. The van der Waals surface area contributed by atoms with E-state index in [-0.39, 0.29) is 11.8 Å². The Balaban J connectivity index is 1.29. The predicted molar refractivity (Wildman–Crippen MR) is 123 cm³/mol. The van der Waals surface area contributed by atoms with Crippen LogP contribution in [0.4, 0.5) is 5.82 Å². The molecule has 1 saturated heterocycles. The minimum Gasteiger partial charge on any atom is -0.497 e. The minimum atomic E-state index is -0.0625. The number of ether oxygens (including phenoxy) is 1. The molecule has 8 nitrogen and oxygen atoms in total. The monoisotopic (exact) mass is 434 g/mol. The number of amides is 1. The molecule has 2 aromatic heterocycles. The topological polar surface area (TPSA) is 85.2 Å². The molecule has 3 aromatic rings. The van der Waals surface area contributed by atoms with E-state index in [2.05, 4.69) is 24.8 Å². The van der Waals surface area contributed by atoms with Gasteiger partial charge >= 0.3 is 0 Å². The number of carbonyl (C=O) groups excluding carboxylic acids is 1. The average Bonchev–Trinajstić information content (AvgIpc) is 3.03. The third-order valence-corrected chi connectivity index (χ3v) is 6.59. The first-order chi connectivity index (χ1) is 15.7. The Morgan fingerprint density at radius 2 is 2.00 bits per heavy atom. The van der Waals surface area contributed by atoms with Crippen LogP contribution in [0.25, 0.3) is 11.2 Å². The zero-order chi connectivity index (χ0) is 21.9. The SMILES string of the molecule is COc1ccc(CNC(=O)[C@H]2CCCN(c3ncnc4c3nc3n4CCCCC3)C2)cc1. The molecule has 0 saturated carbocycles. The molecule has 0 aliphatic carbocycles. The zero-order valence-corrected chi connectivity index (χ0v) is 18.6. The van der Waals surface area contributed by atoms with Gasteiger partial charge in [0, 0.05) is 32.6 Å². The van der Waals surface area contributed by atoms with E-state index in [1.54, 1.807) is 13.4 Å². The largest absolute Gasteiger partial charge is 0.497 e. The fraction of sp³-hybridized carbons (Fsp3) is 0.500. The first-order valence-electron chi connectivity index (χ1n) is 11.6. The van der Waals surface area contributed by atoms with Gasteiger partial charge < -0.3 is 19.5 Å². The molecule has 168 valence electrons. The normalized spacial score (nSPS) is 18.8. The Bertz CT molecular complexity index is 1090. The molecule has 5 rings (SSSR count). The van der Waals surface area contributed by atoms with Gasteiger partial charge in [0.15, 0.2) is 17.0 Å². The maximum Gasteiger partial charge on any atom is 0.225 e. The van der Waals surface area contributed by atoms with E-state index in [1.165, 1.54) is 12.8 Å². The van der Waals surface area contributed by atoms with Crippen molar-refractivity contribution in [3.8, 4) is 5.75 Å². The molecule has 2 aliphatic rings. The molecule has 1 atom stereocenters. The summed E-state index contributed by atoms with van der Waals surface area (Å²) in [5.74, 6) is 2.83. The Hall–Kier alpha value is -3.16. The van der Waals surface area contributed by atoms with Crippen molar-refractivity contribution in [1.82, 2.24) is 24.8 Å². The van der Waals surface area contributed by atoms with E-state index in [0.29, 0.717) is 13.1 Å². The summed E-state index contributed by atoms with van der Waals surface area (Å²) in [5.41, 5.74) is 2.87. The number of imidazole rings is 1. The van der Waals surface area contributed by atoms with Crippen LogP contribution in [0.5, 0.6) is 5.75 Å². The van der Waals surface area contributed by atoms with Crippen molar-refractivity contribution in [2.75, 3.05) is 25.1 Å². The molecule has 2 aliphatic heterocycles. The van der Waals surface area contributed by atoms with Crippen molar-refractivity contribution in [2.45, 2.75) is 51.6 Å². The number of rotatable bonds is 5. The number of nitrogens with one attached hydrogen (secondary N) is 1. The molecule has 1 amide bonds. The van der Waals surface area contributed by atoms with Gasteiger partial charge in [0.05, 0.1) is 13.0 Å². The van der Waals surface area contributed by atoms with Crippen LogP contribution in [-0.4, -0.2) is 45.6 Å². The van der Waals surface area contributed by atoms with Gasteiger partial charge in [-0.15, -0.1) is 0 Å². The molecule has 0 radical (unpaired) electrons. The fourth-order valence-corrected chi connectivity index (χ4v) is 4.82. The van der Waals surface area contributed by atoms with Crippen LogP contribution < -0.4 is 15.0 Å². The predicted octanol–water partition coefficient (Wildman–Crippen LogP) is 3.09. The van der Waals surface area contributed by atoms with Crippen LogP contribution in [0.3, 0.4) is 0 Å². The molecule has 4 heterocycles. The number of nitrogens with zero attached hydrogens (tertiary/aromatic N) is 5. The maximum absolute atomic E-state index is 12.9. The smallest absolute Gasteiger partial charge is 0.225 e. The Kier molecular flexibility index (Phi) is 5.92. The van der Waals surface area contributed by atoms with Crippen molar-refractivity contribution >= 4 is 22.9 Å². The van der Waals surface area contributed by atoms with Gasteiger partial charge in [0.25, 0.3) is 0 Å². The maximum atomic E-state index is 12.9. The lowest BCUT2D eigenvalue weighted by Gasteiger charge is -2.32. The number of aryl methyl sites for hydroxylation is 2. The zero-order valence-electron chi connectivity index (χ0n) is 18.6. The quantitative estimate of drug-likeness (QED) is 0.664. The second-order valence-electron chi connectivity index (χ2n) is 8.71. The number of hydrogen-bond donors (Lipinski definition) is 1. The lowest BCUT2D eigenvalue weighted by Crippen LogP contribution is -2.43. The van der Waals surface area contributed by atoms with Gasteiger partial charge in [-0.1, -0.05) is 18.6 Å². The molecule has 0 bridgehead atoms. The molecule has 1 fully saturated rings. The molecule has 0 unspecified atom stereocenters. The minimum absolute atomic E-state index is 0.0625. The Morgan fingerprint density at radius 3 is 2.84 bits per heavy atom. The van der Waals surface area contributed by atoms with Crippen LogP contribution in [0.1, 0.15) is 43.5 Å². The van der Waals surface area contributed by atoms with Crippen LogP contribution in [-0.2, 0) is 24.3 Å². The van der Waals surface area contributed by atoms with Gasteiger partial charge in [0.1, 0.15) is 17.9 Å². The number of piperidine rings is 1. The van der Waals surface area contributed by atoms with Gasteiger partial charge in [-0.2, -0.15) is 0 Å². The second kappa shape index (κ2) is 9.14. The summed E-state index contributed by atoms with van der Waals surface area (Å²) in [6.07, 6.45) is 8.06. The number of hydrogen-bond acceptors (Lipinski definition) is 6. The van der Waals surface area contributed by atoms with Crippen LogP contribution >= 0.6 is 0 Å². The highest BCUT2D eigenvalue weighted by Gasteiger charge is 2.29. The highest BCUT2D eigenvalue weighted by molar-refractivity contribution is 5.85. The summed E-state index contributed by atoms with van der Waals surface area (Å²) >= 11 is 0. The number of anilines is 1. The Morgan fingerprint density at radius 1 is 1.12 bits per heavy atom. The van der Waals surface area contributed by atoms with Crippen LogP contribution in [0.15, 0.2) is 30.6 Å². The van der Waals surface area contributed by atoms with Crippen molar-refractivity contribution in [2.24, 2.45) is 5.92 Å². The first kappa shape index (κ1) is 20.7. The van der Waals surface area contributed by atoms with E-state index < -0.39 is 0 Å². The lowest BCUT2D eigenvalue weighted by atomic mass is 9.97. The van der Waals surface area contributed by atoms with Gasteiger partial charge in [0.2, 0.25) is 5.91 Å². The number of carbonyl (C=O) groups is 1. The lowest BCUT2D eigenvalue weighted by molar-refractivity contribution is -0.125. The van der Waals surface area contributed by atoms with E-state index >= 15 is 0 Å². The molecule has 1 aromatic carbocycles. The third-order valence-electron chi connectivity index (χ3n) is 6.59. The van der Waals surface area contributed by atoms with Crippen LogP contribution in [0, 0.1) is 5.92 Å². The van der Waals surface area contributed by atoms with E-state index in [1.807, 2.05) is 24.3 Å². The highest BCUT2D eigenvalue weighted by Crippen LogP contribution is 2.29. The summed E-state index contributed by atoms with van der Waals surface area (Å²) in [5, 5.41) is 3.10. The molecular formula is C24H30N6O2. The fourth-order valence-electron chi connectivity index (χ4n) is 4.82. The van der Waals surface area contributed by atoms with Crippen molar-refractivity contribution in [3.05, 3.63) is 42.0 Å². The van der Waals surface area contributed by atoms with Gasteiger partial charge in [-0.3, -0.25) is 4.79 Å². The summed E-state index contributed by atoms with van der Waals surface area (Å²) in [6, 6.07) is 7.78. The summed E-state index contributed by atoms with van der Waals surface area (Å²) < 4.78 is 7.46. The highest BCUT2D eigenvalue weighted by atomic mass is 16.5. The van der Waals surface area contributed by atoms with Gasteiger partial charge in [-0.05, 0) is 43.4 Å². The molecule has 1 N–H and O–H groups in total. The van der Waals surface area contributed by atoms with Crippen molar-refractivity contribution in [3.63, 3.8) is 0 Å². The summed E-state index contributed by atoms with van der Waals surface area (Å²) in [4.78, 5) is 29.2. The van der Waals surface area contributed by atoms with Crippen molar-refractivity contribution in [1.29, 1.82) is 0 Å². The molecule has 8 heteroatoms.